The van der Waals surface area contributed by atoms with Crippen molar-refractivity contribution in [1.82, 2.24) is 0 Å². The van der Waals surface area contributed by atoms with E-state index in [4.69, 9.17) is 0 Å². The molecule has 0 aromatic carbocycles. The summed E-state index contributed by atoms with van der Waals surface area (Å²) in [6.07, 6.45) is 16.7. The molecule has 0 saturated carbocycles. The largest absolute Gasteiger partial charge is 0.748 e. The van der Waals surface area contributed by atoms with Crippen LogP contribution in [0.15, 0.2) is 0 Å². The van der Waals surface area contributed by atoms with Crippen molar-refractivity contribution in [2.45, 2.75) is 118 Å². The van der Waals surface area contributed by atoms with Gasteiger partial charge in [0, 0.05) is 23.5 Å². The summed E-state index contributed by atoms with van der Waals surface area (Å²) in [6.45, 7) is 18.2. The van der Waals surface area contributed by atoms with Gasteiger partial charge in [-0.3, -0.25) is 5.04 Å². The first-order valence-corrected chi connectivity index (χ1v) is 17.9. The molecule has 0 aliphatic heterocycles. The summed E-state index contributed by atoms with van der Waals surface area (Å²) in [5, 5.41) is 13.2. The van der Waals surface area contributed by atoms with E-state index in [1.807, 2.05) is 0 Å². The molecule has 0 aromatic rings. The Labute approximate surface area is 239 Å². The van der Waals surface area contributed by atoms with E-state index in [9.17, 15) is 18.2 Å². The van der Waals surface area contributed by atoms with Crippen LogP contribution in [0.3, 0.4) is 0 Å². The van der Waals surface area contributed by atoms with Crippen molar-refractivity contribution in [1.29, 1.82) is 0 Å². The van der Waals surface area contributed by atoms with Gasteiger partial charge in [-0.15, -0.1) is 0 Å². The van der Waals surface area contributed by atoms with E-state index in [2.05, 4.69) is 37.1 Å². The van der Waals surface area contributed by atoms with E-state index < -0.39 is 10.1 Å². The summed E-state index contributed by atoms with van der Waals surface area (Å²) >= 11 is 1.10. The standard InChI is InChI=1S/C28H60N2O6S2/c1-5-29(6-2,25-19-21-27-37-36-35-31)23-17-15-13-11-9-10-12-14-16-18-24-30(7-3,8-4)26-20-22-28-38(32,33)34/h5-28H2,1-4H3. The lowest BCUT2D eigenvalue weighted by atomic mass is 10.1. The summed E-state index contributed by atoms with van der Waals surface area (Å²) in [5.41, 5.74) is 0. The predicted molar refractivity (Wildman–Crippen MR) is 156 cm³/mol. The molecule has 0 radical (unpaired) electrons. The lowest BCUT2D eigenvalue weighted by molar-refractivity contribution is -0.925. The molecule has 0 fully saturated rings. The molecule has 0 aliphatic carbocycles. The first-order valence-electron chi connectivity index (χ1n) is 15.4. The Hall–Kier alpha value is 0.0600. The number of rotatable bonds is 29. The first-order chi connectivity index (χ1) is 18.2. The number of nitrogens with zero attached hydrogens (tertiary/aromatic N) is 2. The van der Waals surface area contributed by atoms with Crippen LogP contribution in [0.4, 0.5) is 0 Å². The van der Waals surface area contributed by atoms with E-state index in [0.717, 1.165) is 67.7 Å². The van der Waals surface area contributed by atoms with Gasteiger partial charge in [-0.05, 0) is 79.1 Å². The molecule has 0 atom stereocenters. The van der Waals surface area contributed by atoms with Crippen molar-refractivity contribution in [3.63, 3.8) is 0 Å². The molecule has 0 aromatic heterocycles. The molecule has 0 aliphatic rings. The van der Waals surface area contributed by atoms with Crippen LogP contribution in [-0.2, 0) is 19.5 Å². The lowest BCUT2D eigenvalue weighted by Gasteiger charge is -2.37. The monoisotopic (exact) mass is 584 g/mol. The minimum Gasteiger partial charge on any atom is -0.748 e. The molecule has 230 valence electrons. The summed E-state index contributed by atoms with van der Waals surface area (Å²) < 4.78 is 39.1. The van der Waals surface area contributed by atoms with E-state index in [0.29, 0.717) is 6.42 Å². The summed E-state index contributed by atoms with van der Waals surface area (Å²) in [7, 11) is -4.08. The van der Waals surface area contributed by atoms with Crippen molar-refractivity contribution in [2.75, 3.05) is 63.9 Å². The van der Waals surface area contributed by atoms with Gasteiger partial charge in [0.15, 0.2) is 0 Å². The van der Waals surface area contributed by atoms with Gasteiger partial charge in [0.1, 0.15) is 0 Å². The molecule has 10 heteroatoms. The third kappa shape index (κ3) is 20.0. The summed E-state index contributed by atoms with van der Waals surface area (Å²) in [6, 6.07) is 0. The van der Waals surface area contributed by atoms with Crippen LogP contribution in [0.2, 0.25) is 0 Å². The second kappa shape index (κ2) is 23.7. The Bertz CT molecular complexity index is 629. The molecule has 0 bridgehead atoms. The van der Waals surface area contributed by atoms with Gasteiger partial charge in [-0.1, -0.05) is 38.5 Å². The Morgan fingerprint density at radius 1 is 0.579 bits per heavy atom. The normalized spacial score (nSPS) is 12.9. The van der Waals surface area contributed by atoms with Crippen LogP contribution in [-0.4, -0.2) is 85.8 Å². The molecule has 0 rings (SSSR count). The fourth-order valence-corrected chi connectivity index (χ4v) is 6.62. The highest BCUT2D eigenvalue weighted by atomic mass is 32.2. The first kappa shape index (κ1) is 38.1. The smallest absolute Gasteiger partial charge is 0.0945 e. The van der Waals surface area contributed by atoms with Crippen molar-refractivity contribution in [2.24, 2.45) is 0 Å². The summed E-state index contributed by atoms with van der Waals surface area (Å²) in [5.74, 6) is 0.573. The van der Waals surface area contributed by atoms with Crippen molar-refractivity contribution in [3.05, 3.63) is 0 Å². The minimum absolute atomic E-state index is 0.226. The zero-order valence-corrected chi connectivity index (χ0v) is 26.8. The Kier molecular flexibility index (Phi) is 23.8. The quantitative estimate of drug-likeness (QED) is 0.0283. The number of quaternary nitrogens is 2. The third-order valence-electron chi connectivity index (χ3n) is 8.66. The Balaban J connectivity index is 3.85. The van der Waals surface area contributed by atoms with E-state index in [1.54, 1.807) is 0 Å². The van der Waals surface area contributed by atoms with E-state index in [-0.39, 0.29) is 5.75 Å². The molecule has 0 amide bonds. The maximum absolute atomic E-state index is 10.8. The molecule has 0 N–H and O–H groups in total. The molecule has 0 unspecified atom stereocenters. The van der Waals surface area contributed by atoms with Gasteiger partial charge >= 0.3 is 0 Å². The second-order valence-corrected chi connectivity index (χ2v) is 13.3. The third-order valence-corrected chi connectivity index (χ3v) is 10.1. The van der Waals surface area contributed by atoms with Gasteiger partial charge < -0.3 is 18.8 Å². The maximum Gasteiger partial charge on any atom is 0.0945 e. The van der Waals surface area contributed by atoms with Crippen molar-refractivity contribution >= 4 is 22.2 Å². The van der Waals surface area contributed by atoms with Crippen molar-refractivity contribution < 1.29 is 36.6 Å². The Morgan fingerprint density at radius 3 is 1.26 bits per heavy atom. The highest BCUT2D eigenvalue weighted by Crippen LogP contribution is 2.17. The van der Waals surface area contributed by atoms with Crippen LogP contribution in [0.5, 0.6) is 0 Å². The highest BCUT2D eigenvalue weighted by Gasteiger charge is 2.23. The van der Waals surface area contributed by atoms with Crippen LogP contribution < -0.4 is 5.26 Å². The molecular formula is C28H60N2O6S2. The van der Waals surface area contributed by atoms with Gasteiger partial charge in [0.25, 0.3) is 0 Å². The number of hydrogen-bond acceptors (Lipinski definition) is 7. The zero-order valence-electron chi connectivity index (χ0n) is 25.1. The predicted octanol–water partition coefficient (Wildman–Crippen LogP) is 5.58. The van der Waals surface area contributed by atoms with Crippen LogP contribution in [0.25, 0.3) is 0 Å². The topological polar surface area (TPSA) is 98.7 Å². The summed E-state index contributed by atoms with van der Waals surface area (Å²) in [4.78, 5) is 0. The molecule has 38 heavy (non-hydrogen) atoms. The highest BCUT2D eigenvalue weighted by molar-refractivity contribution is 7.94. The fraction of sp³-hybridized carbons (Fsp3) is 1.00. The average molecular weight is 585 g/mol. The van der Waals surface area contributed by atoms with Gasteiger partial charge in [0.05, 0.1) is 62.5 Å². The SMILES string of the molecule is CC[N+](CC)(CCCCCCCCCCCC[N+](CC)(CC)CCCCS(=O)(=O)[O-])CCCCSOO[O-]. The second-order valence-electron chi connectivity index (χ2n) is 11.0. The van der Waals surface area contributed by atoms with Gasteiger partial charge in [-0.25, -0.2) is 8.42 Å². The lowest BCUT2D eigenvalue weighted by Crippen LogP contribution is -2.49. The number of hydrogen-bond donors (Lipinski definition) is 0. The zero-order chi connectivity index (χ0) is 28.6. The molecule has 0 heterocycles. The van der Waals surface area contributed by atoms with Crippen LogP contribution in [0, 0.1) is 0 Å². The molecule has 0 saturated heterocycles. The average Bonchev–Trinajstić information content (AvgIpc) is 2.91. The van der Waals surface area contributed by atoms with Crippen LogP contribution >= 0.6 is 12.0 Å². The van der Waals surface area contributed by atoms with Gasteiger partial charge in [-0.2, -0.15) is 4.33 Å². The van der Waals surface area contributed by atoms with E-state index in [1.165, 1.54) is 94.9 Å². The Morgan fingerprint density at radius 2 is 0.921 bits per heavy atom. The van der Waals surface area contributed by atoms with E-state index >= 15 is 0 Å². The molecule has 0 spiro atoms. The minimum atomic E-state index is -4.08. The van der Waals surface area contributed by atoms with Crippen LogP contribution in [0.1, 0.15) is 118 Å². The van der Waals surface area contributed by atoms with Crippen molar-refractivity contribution in [3.8, 4) is 0 Å². The number of unbranched alkanes of at least 4 members (excludes halogenated alkanes) is 11. The van der Waals surface area contributed by atoms with Gasteiger partial charge in [0.2, 0.25) is 0 Å². The maximum atomic E-state index is 10.8. The fourth-order valence-electron chi connectivity index (χ4n) is 5.63. The molecular weight excluding hydrogens is 524 g/mol. The molecule has 8 nitrogen and oxygen atoms in total.